The zero-order chi connectivity index (χ0) is 18.0. The number of halogens is 1. The lowest BCUT2D eigenvalue weighted by Gasteiger charge is -2.15. The second kappa shape index (κ2) is 11.7. The first kappa shape index (κ1) is 21.4. The fourth-order valence-electron chi connectivity index (χ4n) is 3.07. The zero-order valence-electron chi connectivity index (χ0n) is 15.9. The lowest BCUT2D eigenvalue weighted by Crippen LogP contribution is -2.37. The molecular formula is C20H29IN6. The van der Waals surface area contributed by atoms with Crippen LogP contribution in [0.25, 0.3) is 5.82 Å². The van der Waals surface area contributed by atoms with Crippen LogP contribution in [0.3, 0.4) is 0 Å². The van der Waals surface area contributed by atoms with E-state index in [1.807, 2.05) is 24.4 Å². The van der Waals surface area contributed by atoms with Crippen LogP contribution in [0, 0.1) is 0 Å². The van der Waals surface area contributed by atoms with Crippen molar-refractivity contribution in [3.63, 3.8) is 0 Å². The van der Waals surface area contributed by atoms with E-state index in [1.165, 1.54) is 25.7 Å². The second-order valence-electron chi connectivity index (χ2n) is 6.45. The molecule has 2 heterocycles. The Hall–Kier alpha value is -1.90. The molecule has 2 aromatic heterocycles. The average molecular weight is 480 g/mol. The van der Waals surface area contributed by atoms with Gasteiger partial charge in [0.2, 0.25) is 0 Å². The van der Waals surface area contributed by atoms with E-state index in [4.69, 9.17) is 4.99 Å². The highest BCUT2D eigenvalue weighted by molar-refractivity contribution is 14.0. The van der Waals surface area contributed by atoms with Crippen LogP contribution in [-0.4, -0.2) is 33.8 Å². The van der Waals surface area contributed by atoms with Crippen LogP contribution in [0.4, 0.5) is 0 Å². The minimum absolute atomic E-state index is 0. The molecule has 0 bridgehead atoms. The highest BCUT2D eigenvalue weighted by Gasteiger charge is 2.05. The van der Waals surface area contributed by atoms with Crippen molar-refractivity contribution in [3.8, 4) is 5.82 Å². The number of guanidine groups is 1. The van der Waals surface area contributed by atoms with Gasteiger partial charge in [-0.25, -0.2) is 14.7 Å². The summed E-state index contributed by atoms with van der Waals surface area (Å²) in [5, 5.41) is 11.0. The molecule has 3 rings (SSSR count). The van der Waals surface area contributed by atoms with Gasteiger partial charge in [0.1, 0.15) is 0 Å². The van der Waals surface area contributed by atoms with E-state index in [0.717, 1.165) is 36.9 Å². The first-order valence-corrected chi connectivity index (χ1v) is 9.50. The Kier molecular flexibility index (Phi) is 9.30. The van der Waals surface area contributed by atoms with Gasteiger partial charge in [-0.05, 0) is 62.8 Å². The fraction of sp³-hybridized carbons (Fsp3) is 0.450. The monoisotopic (exact) mass is 480 g/mol. The van der Waals surface area contributed by atoms with E-state index in [2.05, 4.69) is 33.7 Å². The number of aromatic nitrogens is 3. The summed E-state index contributed by atoms with van der Waals surface area (Å²) < 4.78 is 1.76. The molecule has 2 aromatic rings. The molecule has 0 atom stereocenters. The molecule has 2 N–H and O–H groups in total. The Balaban J connectivity index is 0.00000261. The van der Waals surface area contributed by atoms with E-state index in [9.17, 15) is 0 Å². The maximum Gasteiger partial charge on any atom is 0.191 e. The molecule has 0 saturated carbocycles. The van der Waals surface area contributed by atoms with E-state index in [1.54, 1.807) is 22.6 Å². The Morgan fingerprint density at radius 1 is 1.26 bits per heavy atom. The zero-order valence-corrected chi connectivity index (χ0v) is 18.2. The molecule has 6 nitrogen and oxygen atoms in total. The van der Waals surface area contributed by atoms with Crippen molar-refractivity contribution in [1.29, 1.82) is 0 Å². The van der Waals surface area contributed by atoms with Crippen LogP contribution < -0.4 is 10.6 Å². The molecule has 0 radical (unpaired) electrons. The average Bonchev–Trinajstić information content (AvgIpc) is 3.22. The molecule has 0 saturated heterocycles. The van der Waals surface area contributed by atoms with Gasteiger partial charge in [-0.2, -0.15) is 5.10 Å². The maximum atomic E-state index is 4.71. The van der Waals surface area contributed by atoms with Crippen LogP contribution in [0.5, 0.6) is 0 Å². The standard InChI is InChI=1S/C20H28N6.HI/c1-2-21-20(23-13-9-17-7-4-3-5-8-17)24-16-18-10-12-22-19(15-18)26-14-6-11-25-26;/h6-7,10-12,14-15H,2-5,8-9,13,16H2,1H3,(H2,21,23,24);1H. The van der Waals surface area contributed by atoms with E-state index in [0.29, 0.717) is 6.54 Å². The summed E-state index contributed by atoms with van der Waals surface area (Å²) >= 11 is 0. The summed E-state index contributed by atoms with van der Waals surface area (Å²) in [5.74, 6) is 1.67. The number of pyridine rings is 1. The normalized spacial score (nSPS) is 14.3. The van der Waals surface area contributed by atoms with Gasteiger partial charge < -0.3 is 10.6 Å². The highest BCUT2D eigenvalue weighted by atomic mass is 127. The third-order valence-electron chi connectivity index (χ3n) is 4.44. The van der Waals surface area contributed by atoms with Gasteiger partial charge in [0, 0.05) is 31.7 Å². The van der Waals surface area contributed by atoms with Gasteiger partial charge in [0.15, 0.2) is 11.8 Å². The molecule has 1 aliphatic rings. The van der Waals surface area contributed by atoms with Gasteiger partial charge in [0.05, 0.1) is 6.54 Å². The largest absolute Gasteiger partial charge is 0.357 e. The quantitative estimate of drug-likeness (QED) is 0.274. The molecule has 0 fully saturated rings. The van der Waals surface area contributed by atoms with Crippen molar-refractivity contribution in [1.82, 2.24) is 25.4 Å². The molecule has 0 spiro atoms. The summed E-state index contributed by atoms with van der Waals surface area (Å²) in [6.07, 6.45) is 14.1. The molecule has 0 amide bonds. The lowest BCUT2D eigenvalue weighted by atomic mass is 9.97. The minimum Gasteiger partial charge on any atom is -0.357 e. The number of allylic oxidation sites excluding steroid dienone is 1. The van der Waals surface area contributed by atoms with E-state index >= 15 is 0 Å². The van der Waals surface area contributed by atoms with Crippen molar-refractivity contribution >= 4 is 29.9 Å². The van der Waals surface area contributed by atoms with Crippen molar-refractivity contribution < 1.29 is 0 Å². The summed E-state index contributed by atoms with van der Waals surface area (Å²) in [4.78, 5) is 9.07. The number of aliphatic imine (C=N–C) groups is 1. The molecule has 0 unspecified atom stereocenters. The van der Waals surface area contributed by atoms with Crippen molar-refractivity contribution in [2.75, 3.05) is 13.1 Å². The predicted molar refractivity (Wildman–Crippen MR) is 121 cm³/mol. The topological polar surface area (TPSA) is 67.1 Å². The van der Waals surface area contributed by atoms with Gasteiger partial charge in [0.25, 0.3) is 0 Å². The maximum absolute atomic E-state index is 4.71. The molecule has 7 heteroatoms. The molecule has 0 aromatic carbocycles. The summed E-state index contributed by atoms with van der Waals surface area (Å²) in [5.41, 5.74) is 2.69. The third-order valence-corrected chi connectivity index (χ3v) is 4.44. The SMILES string of the molecule is CCNC(=NCc1ccnc(-n2cccn2)c1)NCCC1=CCCCC1.I. The van der Waals surface area contributed by atoms with Crippen LogP contribution >= 0.6 is 24.0 Å². The van der Waals surface area contributed by atoms with Crippen molar-refractivity contribution in [2.24, 2.45) is 4.99 Å². The van der Waals surface area contributed by atoms with E-state index in [-0.39, 0.29) is 24.0 Å². The van der Waals surface area contributed by atoms with Crippen LogP contribution in [0.1, 0.15) is 44.6 Å². The lowest BCUT2D eigenvalue weighted by molar-refractivity contribution is 0.665. The van der Waals surface area contributed by atoms with Crippen molar-refractivity contribution in [2.45, 2.75) is 45.6 Å². The predicted octanol–water partition coefficient (Wildman–Crippen LogP) is 3.83. The van der Waals surface area contributed by atoms with Crippen molar-refractivity contribution in [3.05, 3.63) is 54.0 Å². The third kappa shape index (κ3) is 6.97. The smallest absolute Gasteiger partial charge is 0.191 e. The summed E-state index contributed by atoms with van der Waals surface area (Å²) in [7, 11) is 0. The molecule has 0 aliphatic heterocycles. The second-order valence-corrected chi connectivity index (χ2v) is 6.45. The van der Waals surface area contributed by atoms with Gasteiger partial charge in [-0.1, -0.05) is 11.6 Å². The van der Waals surface area contributed by atoms with Gasteiger partial charge in [-0.15, -0.1) is 24.0 Å². The number of nitrogens with zero attached hydrogens (tertiary/aromatic N) is 4. The Labute approximate surface area is 178 Å². The summed E-state index contributed by atoms with van der Waals surface area (Å²) in [6.45, 7) is 4.47. The Morgan fingerprint density at radius 2 is 2.19 bits per heavy atom. The molecule has 1 aliphatic carbocycles. The van der Waals surface area contributed by atoms with Crippen LogP contribution in [0.2, 0.25) is 0 Å². The highest BCUT2D eigenvalue weighted by Crippen LogP contribution is 2.19. The number of rotatable bonds is 7. The Morgan fingerprint density at radius 3 is 2.93 bits per heavy atom. The van der Waals surface area contributed by atoms with E-state index < -0.39 is 0 Å². The van der Waals surface area contributed by atoms with Crippen LogP contribution in [0.15, 0.2) is 53.4 Å². The molecular weight excluding hydrogens is 451 g/mol. The van der Waals surface area contributed by atoms with Gasteiger partial charge >= 0.3 is 0 Å². The number of hydrogen-bond acceptors (Lipinski definition) is 3. The number of hydrogen-bond donors (Lipinski definition) is 2. The number of nitrogens with one attached hydrogen (secondary N) is 2. The van der Waals surface area contributed by atoms with Crippen LogP contribution in [-0.2, 0) is 6.54 Å². The van der Waals surface area contributed by atoms with Gasteiger partial charge in [-0.3, -0.25) is 0 Å². The summed E-state index contributed by atoms with van der Waals surface area (Å²) in [6, 6.07) is 5.90. The molecule has 27 heavy (non-hydrogen) atoms. The Bertz CT molecular complexity index is 739. The molecule has 146 valence electrons. The minimum atomic E-state index is 0. The first-order valence-electron chi connectivity index (χ1n) is 9.50. The fourth-order valence-corrected chi connectivity index (χ4v) is 3.07. The first-order chi connectivity index (χ1) is 12.8.